The molecule has 0 saturated carbocycles. The van der Waals surface area contributed by atoms with E-state index in [1.165, 1.54) is 5.56 Å². The van der Waals surface area contributed by atoms with E-state index >= 15 is 0 Å². The first kappa shape index (κ1) is 14.9. The summed E-state index contributed by atoms with van der Waals surface area (Å²) in [6.07, 6.45) is 1.03. The molecule has 0 aliphatic carbocycles. The summed E-state index contributed by atoms with van der Waals surface area (Å²) in [6, 6.07) is 8.48. The van der Waals surface area contributed by atoms with Gasteiger partial charge in [-0.2, -0.15) is 5.10 Å². The number of nitrogens with zero attached hydrogens (tertiary/aromatic N) is 2. The van der Waals surface area contributed by atoms with Crippen molar-refractivity contribution in [2.45, 2.75) is 39.8 Å². The molecule has 0 aliphatic heterocycles. The van der Waals surface area contributed by atoms with Gasteiger partial charge in [-0.3, -0.25) is 0 Å². The molecule has 1 atom stereocenters. The molecule has 0 spiro atoms. The van der Waals surface area contributed by atoms with Gasteiger partial charge in [0.1, 0.15) is 5.82 Å². The smallest absolute Gasteiger partial charge is 0.148 e. The van der Waals surface area contributed by atoms with Crippen LogP contribution in [0.2, 0.25) is 0 Å². The molecule has 0 fully saturated rings. The zero-order valence-corrected chi connectivity index (χ0v) is 13.7. The molecule has 2 rings (SSSR count). The first-order valence-corrected chi connectivity index (χ1v) is 7.67. The summed E-state index contributed by atoms with van der Waals surface area (Å²) >= 11 is 3.45. The molecule has 2 aromatic rings. The van der Waals surface area contributed by atoms with E-state index in [0.29, 0.717) is 0 Å². The molecule has 0 radical (unpaired) electrons. The first-order valence-electron chi connectivity index (χ1n) is 6.87. The predicted molar refractivity (Wildman–Crippen MR) is 87.8 cm³/mol. The third-order valence-corrected chi connectivity index (χ3v) is 3.86. The van der Waals surface area contributed by atoms with Gasteiger partial charge >= 0.3 is 0 Å². The van der Waals surface area contributed by atoms with Gasteiger partial charge in [-0.05, 0) is 38.0 Å². The van der Waals surface area contributed by atoms with E-state index in [9.17, 15) is 0 Å². The maximum Gasteiger partial charge on any atom is 0.148 e. The fourth-order valence-corrected chi connectivity index (χ4v) is 2.43. The average molecular weight is 337 g/mol. The third kappa shape index (κ3) is 3.15. The largest absolute Gasteiger partial charge is 0.394 e. The van der Waals surface area contributed by atoms with E-state index in [1.54, 1.807) is 0 Å². The van der Waals surface area contributed by atoms with Crippen LogP contribution in [0.4, 0.5) is 11.5 Å². The maximum absolute atomic E-state index is 6.13. The van der Waals surface area contributed by atoms with Crippen LogP contribution in [0, 0.1) is 6.92 Å². The summed E-state index contributed by atoms with van der Waals surface area (Å²) in [7, 11) is 0. The lowest BCUT2D eigenvalue weighted by atomic mass is 10.1. The van der Waals surface area contributed by atoms with Crippen LogP contribution in [0.3, 0.4) is 0 Å². The number of aromatic nitrogens is 2. The lowest BCUT2D eigenvalue weighted by Crippen LogP contribution is -2.13. The highest BCUT2D eigenvalue weighted by Crippen LogP contribution is 2.27. The fraction of sp³-hybridized carbons (Fsp3) is 0.400. The third-order valence-electron chi connectivity index (χ3n) is 3.33. The van der Waals surface area contributed by atoms with Crippen molar-refractivity contribution in [3.8, 4) is 0 Å². The molecule has 1 aromatic heterocycles. The number of anilines is 2. The zero-order chi connectivity index (χ0) is 14.7. The van der Waals surface area contributed by atoms with Crippen molar-refractivity contribution in [3.63, 3.8) is 0 Å². The average Bonchev–Trinajstić information content (AvgIpc) is 2.68. The highest BCUT2D eigenvalue weighted by molar-refractivity contribution is 9.10. The molecule has 1 heterocycles. The second kappa shape index (κ2) is 6.31. The van der Waals surface area contributed by atoms with Crippen molar-refractivity contribution in [1.82, 2.24) is 9.78 Å². The molecule has 108 valence electrons. The van der Waals surface area contributed by atoms with Gasteiger partial charge in [0.05, 0.1) is 17.4 Å². The molecule has 0 aliphatic rings. The summed E-state index contributed by atoms with van der Waals surface area (Å²) in [4.78, 5) is 0. The Morgan fingerprint density at radius 1 is 1.35 bits per heavy atom. The van der Waals surface area contributed by atoms with Crippen LogP contribution in [0.1, 0.15) is 37.6 Å². The Morgan fingerprint density at radius 3 is 2.60 bits per heavy atom. The maximum atomic E-state index is 6.13. The number of nitrogens with one attached hydrogen (secondary N) is 1. The number of hydrogen-bond acceptors (Lipinski definition) is 3. The summed E-state index contributed by atoms with van der Waals surface area (Å²) in [6.45, 7) is 7.07. The van der Waals surface area contributed by atoms with Crippen LogP contribution < -0.4 is 11.1 Å². The normalized spacial score (nSPS) is 12.4. The van der Waals surface area contributed by atoms with Gasteiger partial charge in [0.2, 0.25) is 0 Å². The number of halogens is 1. The Labute approximate surface area is 128 Å². The second-order valence-corrected chi connectivity index (χ2v) is 5.90. The monoisotopic (exact) mass is 336 g/mol. The Bertz CT molecular complexity index is 574. The number of rotatable bonds is 5. The minimum Gasteiger partial charge on any atom is -0.394 e. The van der Waals surface area contributed by atoms with Crippen LogP contribution in [0.25, 0.3) is 0 Å². The topological polar surface area (TPSA) is 55.9 Å². The Morgan fingerprint density at radius 2 is 2.00 bits per heavy atom. The van der Waals surface area contributed by atoms with Gasteiger partial charge < -0.3 is 11.1 Å². The molecule has 3 N–H and O–H groups in total. The fourth-order valence-electron chi connectivity index (χ4n) is 2.16. The van der Waals surface area contributed by atoms with Gasteiger partial charge in [-0.15, -0.1) is 0 Å². The summed E-state index contributed by atoms with van der Waals surface area (Å²) in [5, 5.41) is 7.96. The van der Waals surface area contributed by atoms with Gasteiger partial charge in [-0.25, -0.2) is 4.68 Å². The highest BCUT2D eigenvalue weighted by Gasteiger charge is 2.15. The number of aryl methyl sites for hydroxylation is 2. The molecule has 0 amide bonds. The number of hydrogen-bond donors (Lipinski definition) is 2. The number of benzene rings is 1. The molecular formula is C15H21BrN4. The van der Waals surface area contributed by atoms with Gasteiger partial charge in [0.25, 0.3) is 0 Å². The molecular weight excluding hydrogens is 316 g/mol. The standard InChI is InChI=1S/C15H21BrN4/c1-4-9-20-15(14(17)11(3)19-20)18-10(2)12-5-7-13(16)8-6-12/h5-8,10,18H,4,9,17H2,1-3H3. The van der Waals surface area contributed by atoms with E-state index < -0.39 is 0 Å². The minimum absolute atomic E-state index is 0.178. The van der Waals surface area contributed by atoms with Crippen molar-refractivity contribution in [1.29, 1.82) is 0 Å². The van der Waals surface area contributed by atoms with Crippen molar-refractivity contribution < 1.29 is 0 Å². The van der Waals surface area contributed by atoms with Crippen LogP contribution in [-0.2, 0) is 6.54 Å². The van der Waals surface area contributed by atoms with E-state index in [-0.39, 0.29) is 6.04 Å². The molecule has 0 saturated heterocycles. The van der Waals surface area contributed by atoms with Crippen molar-refractivity contribution in [2.75, 3.05) is 11.1 Å². The molecule has 0 bridgehead atoms. The van der Waals surface area contributed by atoms with Crippen LogP contribution in [0.5, 0.6) is 0 Å². The molecule has 1 unspecified atom stereocenters. The second-order valence-electron chi connectivity index (χ2n) is 4.99. The molecule has 4 nitrogen and oxygen atoms in total. The number of nitrogens with two attached hydrogens (primary N) is 1. The van der Waals surface area contributed by atoms with Crippen LogP contribution in [0.15, 0.2) is 28.7 Å². The Balaban J connectivity index is 2.22. The summed E-state index contributed by atoms with van der Waals surface area (Å²) in [5.41, 5.74) is 8.96. The Kier molecular flexibility index (Phi) is 4.70. The highest BCUT2D eigenvalue weighted by atomic mass is 79.9. The first-order chi connectivity index (χ1) is 9.52. The van der Waals surface area contributed by atoms with E-state index in [2.05, 4.69) is 52.3 Å². The quantitative estimate of drug-likeness (QED) is 0.863. The Hall–Kier alpha value is -1.49. The molecule has 20 heavy (non-hydrogen) atoms. The van der Waals surface area contributed by atoms with Crippen molar-refractivity contribution >= 4 is 27.4 Å². The van der Waals surface area contributed by atoms with Gasteiger partial charge in [0.15, 0.2) is 0 Å². The number of nitrogen functional groups attached to an aromatic ring is 1. The SMILES string of the molecule is CCCn1nc(C)c(N)c1NC(C)c1ccc(Br)cc1. The molecule has 1 aromatic carbocycles. The minimum atomic E-state index is 0.178. The van der Waals surface area contributed by atoms with E-state index in [4.69, 9.17) is 5.73 Å². The van der Waals surface area contributed by atoms with E-state index in [0.717, 1.165) is 34.6 Å². The molecule has 5 heteroatoms. The predicted octanol–water partition coefficient (Wildman–Crippen LogP) is 4.12. The lowest BCUT2D eigenvalue weighted by molar-refractivity contribution is 0.599. The zero-order valence-electron chi connectivity index (χ0n) is 12.2. The summed E-state index contributed by atoms with van der Waals surface area (Å²) < 4.78 is 3.04. The van der Waals surface area contributed by atoms with Crippen LogP contribution in [-0.4, -0.2) is 9.78 Å². The van der Waals surface area contributed by atoms with Crippen molar-refractivity contribution in [3.05, 3.63) is 40.0 Å². The van der Waals surface area contributed by atoms with Gasteiger partial charge in [-0.1, -0.05) is 35.0 Å². The van der Waals surface area contributed by atoms with Crippen molar-refractivity contribution in [2.24, 2.45) is 0 Å². The van der Waals surface area contributed by atoms with Gasteiger partial charge in [0, 0.05) is 11.0 Å². The lowest BCUT2D eigenvalue weighted by Gasteiger charge is -2.17. The van der Waals surface area contributed by atoms with E-state index in [1.807, 2.05) is 23.7 Å². The van der Waals surface area contributed by atoms with Crippen LogP contribution >= 0.6 is 15.9 Å². The summed E-state index contributed by atoms with van der Waals surface area (Å²) in [5.74, 6) is 0.916.